The maximum absolute atomic E-state index is 13.2. The first-order valence-corrected chi connectivity index (χ1v) is 11.9. The summed E-state index contributed by atoms with van der Waals surface area (Å²) in [4.78, 5) is 26.9. The molecule has 1 saturated heterocycles. The molecule has 4 aliphatic rings. The third kappa shape index (κ3) is 2.86. The zero-order valence-corrected chi connectivity index (χ0v) is 19.3. The fourth-order valence-electron chi connectivity index (χ4n) is 6.63. The molecule has 7 heteroatoms. The van der Waals surface area contributed by atoms with Crippen molar-refractivity contribution in [2.45, 2.75) is 43.7 Å². The topological polar surface area (TPSA) is 74.3 Å². The summed E-state index contributed by atoms with van der Waals surface area (Å²) in [5.74, 6) is 1.87. The van der Waals surface area contributed by atoms with E-state index in [-0.39, 0.29) is 5.41 Å². The number of hydrogen-bond acceptors (Lipinski definition) is 7. The largest absolute Gasteiger partial charge is 0.493 e. The Balaban J connectivity index is 1.44. The molecular formula is C27H27NO6. The molecule has 2 heterocycles. The lowest BCUT2D eigenvalue weighted by atomic mass is 9.53. The summed E-state index contributed by atoms with van der Waals surface area (Å²) in [6.45, 7) is 3.72. The van der Waals surface area contributed by atoms with Gasteiger partial charge in [0.1, 0.15) is 17.1 Å². The molecule has 6 rings (SSSR count). The molecule has 1 fully saturated rings. The summed E-state index contributed by atoms with van der Waals surface area (Å²) in [7, 11) is 2.18. The number of likely N-dealkylation sites (N-methyl/N-ethyl adjacent to an activating group) is 1. The number of nitrogens with zero attached hydrogens (tertiary/aromatic N) is 1. The second-order valence-corrected chi connectivity index (χ2v) is 9.45. The third-order valence-corrected chi connectivity index (χ3v) is 8.00. The van der Waals surface area contributed by atoms with Crippen LogP contribution in [0.4, 0.5) is 0 Å². The first-order valence-electron chi connectivity index (χ1n) is 11.9. The van der Waals surface area contributed by atoms with E-state index < -0.39 is 12.1 Å². The fourth-order valence-corrected chi connectivity index (χ4v) is 6.63. The molecule has 2 bridgehead atoms. The van der Waals surface area contributed by atoms with Gasteiger partial charge in [-0.2, -0.15) is 0 Å². The van der Waals surface area contributed by atoms with Crippen LogP contribution in [0.25, 0.3) is 0 Å². The van der Waals surface area contributed by atoms with E-state index in [0.717, 1.165) is 31.4 Å². The van der Waals surface area contributed by atoms with Crippen molar-refractivity contribution in [3.8, 4) is 17.2 Å². The highest BCUT2D eigenvalue weighted by molar-refractivity contribution is 5.94. The molecule has 2 aromatic rings. The minimum Gasteiger partial charge on any atom is -0.493 e. The molecule has 1 spiro atoms. The van der Waals surface area contributed by atoms with Crippen LogP contribution in [0.15, 0.2) is 48.2 Å². The maximum atomic E-state index is 13.2. The molecule has 0 saturated carbocycles. The van der Waals surface area contributed by atoms with Gasteiger partial charge in [-0.3, -0.25) is 4.79 Å². The van der Waals surface area contributed by atoms with Crippen LogP contribution >= 0.6 is 0 Å². The van der Waals surface area contributed by atoms with E-state index in [0.29, 0.717) is 53.6 Å². The first-order chi connectivity index (χ1) is 16.6. The second-order valence-electron chi connectivity index (χ2n) is 9.45. The number of likely N-dealkylation sites (tertiary alicyclic amines) is 1. The summed E-state index contributed by atoms with van der Waals surface area (Å²) < 4.78 is 23.5. The average molecular weight is 462 g/mol. The number of esters is 1. The SMILES string of the molecule is CCOc1ccccc1C(=O)Oc1ccc2c3c1OC1C(OC=O)=CCC4C(C2)N(C)CCC314. The zero-order valence-electron chi connectivity index (χ0n) is 19.3. The number of para-hydroxylation sites is 1. The quantitative estimate of drug-likeness (QED) is 0.369. The molecular weight excluding hydrogens is 434 g/mol. The number of piperidine rings is 1. The van der Waals surface area contributed by atoms with Crippen LogP contribution in [0.2, 0.25) is 0 Å². The van der Waals surface area contributed by atoms with Gasteiger partial charge in [-0.15, -0.1) is 0 Å². The number of rotatable bonds is 6. The van der Waals surface area contributed by atoms with E-state index in [1.54, 1.807) is 18.2 Å². The molecule has 0 N–H and O–H groups in total. The number of hydrogen-bond donors (Lipinski definition) is 0. The highest BCUT2D eigenvalue weighted by atomic mass is 16.6. The number of allylic oxidation sites excluding steroid dienone is 1. The predicted octanol–water partition coefficient (Wildman–Crippen LogP) is 3.64. The maximum Gasteiger partial charge on any atom is 0.347 e. The molecule has 0 aromatic heterocycles. The Labute approximate surface area is 198 Å². The minimum absolute atomic E-state index is 0.293. The van der Waals surface area contributed by atoms with Gasteiger partial charge in [-0.05, 0) is 75.5 Å². The molecule has 7 nitrogen and oxygen atoms in total. The second kappa shape index (κ2) is 7.87. The first kappa shape index (κ1) is 21.2. The van der Waals surface area contributed by atoms with Crippen LogP contribution < -0.4 is 14.2 Å². The Bertz CT molecular complexity index is 1210. The monoisotopic (exact) mass is 461 g/mol. The smallest absolute Gasteiger partial charge is 0.347 e. The summed E-state index contributed by atoms with van der Waals surface area (Å²) in [5, 5.41) is 0. The summed E-state index contributed by atoms with van der Waals surface area (Å²) in [6.07, 6.45) is 4.22. The van der Waals surface area contributed by atoms with Gasteiger partial charge in [0.2, 0.25) is 0 Å². The molecule has 2 aliphatic heterocycles. The highest BCUT2D eigenvalue weighted by Crippen LogP contribution is 2.63. The van der Waals surface area contributed by atoms with Gasteiger partial charge in [0.15, 0.2) is 17.6 Å². The average Bonchev–Trinajstić information content (AvgIpc) is 3.19. The van der Waals surface area contributed by atoms with Crippen molar-refractivity contribution in [2.75, 3.05) is 20.2 Å². The van der Waals surface area contributed by atoms with Gasteiger partial charge in [0.25, 0.3) is 6.47 Å². The van der Waals surface area contributed by atoms with Gasteiger partial charge in [-0.1, -0.05) is 18.2 Å². The minimum atomic E-state index is -0.496. The Morgan fingerprint density at radius 2 is 2.09 bits per heavy atom. The highest BCUT2D eigenvalue weighted by Gasteiger charge is 2.64. The van der Waals surface area contributed by atoms with Crippen LogP contribution in [-0.2, 0) is 21.4 Å². The van der Waals surface area contributed by atoms with E-state index in [4.69, 9.17) is 18.9 Å². The predicted molar refractivity (Wildman–Crippen MR) is 123 cm³/mol. The third-order valence-electron chi connectivity index (χ3n) is 8.00. The molecule has 0 radical (unpaired) electrons. The molecule has 0 amide bonds. The molecule has 4 atom stereocenters. The van der Waals surface area contributed by atoms with E-state index in [1.807, 2.05) is 25.1 Å². The lowest BCUT2D eigenvalue weighted by Gasteiger charge is -2.56. The molecule has 2 aliphatic carbocycles. The van der Waals surface area contributed by atoms with Crippen molar-refractivity contribution in [3.63, 3.8) is 0 Å². The Morgan fingerprint density at radius 3 is 2.91 bits per heavy atom. The van der Waals surface area contributed by atoms with Crippen LogP contribution in [0.3, 0.4) is 0 Å². The van der Waals surface area contributed by atoms with E-state index in [1.165, 1.54) is 5.56 Å². The summed E-state index contributed by atoms with van der Waals surface area (Å²) >= 11 is 0. The van der Waals surface area contributed by atoms with Crippen molar-refractivity contribution in [3.05, 3.63) is 64.9 Å². The van der Waals surface area contributed by atoms with Gasteiger partial charge in [-0.25, -0.2) is 4.79 Å². The van der Waals surface area contributed by atoms with Crippen molar-refractivity contribution in [1.82, 2.24) is 4.90 Å². The Hall–Kier alpha value is -3.32. The van der Waals surface area contributed by atoms with E-state index in [2.05, 4.69) is 18.0 Å². The number of ether oxygens (including phenoxy) is 4. The molecule has 34 heavy (non-hydrogen) atoms. The van der Waals surface area contributed by atoms with Gasteiger partial charge in [0.05, 0.1) is 6.61 Å². The van der Waals surface area contributed by atoms with Gasteiger partial charge in [0, 0.05) is 17.0 Å². The summed E-state index contributed by atoms with van der Waals surface area (Å²) in [5.41, 5.74) is 2.41. The lowest BCUT2D eigenvalue weighted by molar-refractivity contribution is -0.128. The zero-order chi connectivity index (χ0) is 23.4. The fraction of sp³-hybridized carbons (Fsp3) is 0.407. The summed E-state index contributed by atoms with van der Waals surface area (Å²) in [6, 6.07) is 11.3. The molecule has 176 valence electrons. The Kier molecular flexibility index (Phi) is 4.92. The van der Waals surface area contributed by atoms with Gasteiger partial charge >= 0.3 is 5.97 Å². The van der Waals surface area contributed by atoms with Crippen LogP contribution in [0.5, 0.6) is 17.2 Å². The molecule has 2 aromatic carbocycles. The Morgan fingerprint density at radius 1 is 1.24 bits per heavy atom. The van der Waals surface area contributed by atoms with Crippen LogP contribution in [-0.4, -0.2) is 49.7 Å². The van der Waals surface area contributed by atoms with Crippen molar-refractivity contribution in [2.24, 2.45) is 5.92 Å². The van der Waals surface area contributed by atoms with Crippen LogP contribution in [0, 0.1) is 5.92 Å². The number of carbonyl (C=O) groups excluding carboxylic acids is 2. The van der Waals surface area contributed by atoms with Crippen molar-refractivity contribution in [1.29, 1.82) is 0 Å². The van der Waals surface area contributed by atoms with E-state index >= 15 is 0 Å². The number of benzene rings is 2. The van der Waals surface area contributed by atoms with E-state index in [9.17, 15) is 9.59 Å². The van der Waals surface area contributed by atoms with Crippen LogP contribution in [0.1, 0.15) is 41.3 Å². The van der Waals surface area contributed by atoms with Gasteiger partial charge < -0.3 is 23.8 Å². The van der Waals surface area contributed by atoms with Crippen molar-refractivity contribution >= 4 is 12.4 Å². The van der Waals surface area contributed by atoms with Crippen molar-refractivity contribution < 1.29 is 28.5 Å². The standard InChI is InChI=1S/C27H27NO6/c1-3-31-20-7-5-4-6-17(20)26(30)33-21-10-8-16-14-19-18-9-11-22(32-15-29)25-27(18,12-13-28(19)2)23(16)24(21)34-25/h4-8,10-11,15,18-19,25H,3,9,12-14H2,1-2H3. The normalized spacial score (nSPS) is 28.3. The number of carbonyl (C=O) groups is 2. The molecule has 4 unspecified atom stereocenters. The lowest BCUT2D eigenvalue weighted by Crippen LogP contribution is -2.63.